The highest BCUT2D eigenvalue weighted by Gasteiger charge is 2.44. The Hall–Kier alpha value is -0.280. The maximum atomic E-state index is 11.4. The molecule has 0 aromatic heterocycles. The molecule has 2 aliphatic rings. The molecule has 1 heterocycles. The number of fused-ring (bicyclic) bond motifs is 1. The highest BCUT2D eigenvalue weighted by atomic mass is 35.5. The number of hydrogen-bond acceptors (Lipinski definition) is 2. The minimum atomic E-state index is -0.320. The van der Waals surface area contributed by atoms with Crippen molar-refractivity contribution in [3.05, 3.63) is 0 Å². The van der Waals surface area contributed by atoms with Gasteiger partial charge in [-0.15, -0.1) is 11.6 Å². The molecule has 0 radical (unpaired) electrons. The van der Waals surface area contributed by atoms with Crippen molar-refractivity contribution in [2.75, 3.05) is 12.4 Å². The van der Waals surface area contributed by atoms with E-state index in [0.717, 1.165) is 25.8 Å². The van der Waals surface area contributed by atoms with E-state index in [9.17, 15) is 9.90 Å². The van der Waals surface area contributed by atoms with Crippen LogP contribution in [-0.2, 0) is 4.79 Å². The van der Waals surface area contributed by atoms with Crippen LogP contribution < -0.4 is 0 Å². The number of likely N-dealkylation sites (tertiary alicyclic amines) is 1. The summed E-state index contributed by atoms with van der Waals surface area (Å²) in [5.74, 6) is 0.521. The molecular formula is C9H14ClNO2. The fraction of sp³-hybridized carbons (Fsp3) is 0.889. The molecule has 0 aromatic carbocycles. The van der Waals surface area contributed by atoms with Crippen molar-refractivity contribution in [2.45, 2.75) is 31.4 Å². The number of aliphatic hydroxyl groups excluding tert-OH is 1. The van der Waals surface area contributed by atoms with Crippen LogP contribution in [0.2, 0.25) is 0 Å². The zero-order valence-electron chi connectivity index (χ0n) is 7.45. The van der Waals surface area contributed by atoms with Crippen molar-refractivity contribution in [2.24, 2.45) is 5.92 Å². The first-order valence-electron chi connectivity index (χ1n) is 4.77. The van der Waals surface area contributed by atoms with Crippen LogP contribution in [0.15, 0.2) is 0 Å². The quantitative estimate of drug-likeness (QED) is 0.634. The average Bonchev–Trinajstić information content (AvgIpc) is 2.68. The van der Waals surface area contributed by atoms with Crippen molar-refractivity contribution >= 4 is 17.5 Å². The fourth-order valence-electron chi connectivity index (χ4n) is 2.64. The SMILES string of the molecule is O=C(CCl)N1CC[C@H]2CC[C@@H](O)[C@H]21. The summed E-state index contributed by atoms with van der Waals surface area (Å²) in [6.07, 6.45) is 2.60. The fourth-order valence-corrected chi connectivity index (χ4v) is 2.79. The van der Waals surface area contributed by atoms with Gasteiger partial charge in [0.1, 0.15) is 5.88 Å². The number of hydrogen-bond donors (Lipinski definition) is 1. The Morgan fingerprint density at radius 2 is 2.23 bits per heavy atom. The Morgan fingerprint density at radius 1 is 1.46 bits per heavy atom. The van der Waals surface area contributed by atoms with Crippen LogP contribution in [0.3, 0.4) is 0 Å². The third-order valence-electron chi connectivity index (χ3n) is 3.25. The Labute approximate surface area is 82.7 Å². The molecule has 0 bridgehead atoms. The monoisotopic (exact) mass is 203 g/mol. The molecule has 4 heteroatoms. The molecule has 0 aromatic rings. The van der Waals surface area contributed by atoms with Crippen molar-refractivity contribution in [1.29, 1.82) is 0 Å². The first kappa shape index (κ1) is 9.28. The lowest BCUT2D eigenvalue weighted by Gasteiger charge is -2.25. The van der Waals surface area contributed by atoms with E-state index in [0.29, 0.717) is 5.92 Å². The van der Waals surface area contributed by atoms with Crippen LogP contribution in [0.1, 0.15) is 19.3 Å². The molecule has 1 aliphatic heterocycles. The minimum Gasteiger partial charge on any atom is -0.391 e. The van der Waals surface area contributed by atoms with Gasteiger partial charge in [0.25, 0.3) is 0 Å². The van der Waals surface area contributed by atoms with E-state index in [-0.39, 0.29) is 23.9 Å². The first-order chi connectivity index (χ1) is 6.24. The Bertz CT molecular complexity index is 222. The summed E-state index contributed by atoms with van der Waals surface area (Å²) < 4.78 is 0. The number of rotatable bonds is 1. The summed E-state index contributed by atoms with van der Waals surface area (Å²) in [6.45, 7) is 0.776. The van der Waals surface area contributed by atoms with Crippen LogP contribution in [0.5, 0.6) is 0 Å². The van der Waals surface area contributed by atoms with Gasteiger partial charge in [0.05, 0.1) is 12.1 Å². The predicted octanol–water partition coefficient (Wildman–Crippen LogP) is 0.597. The van der Waals surface area contributed by atoms with Crippen LogP contribution in [0, 0.1) is 5.92 Å². The number of carbonyl (C=O) groups is 1. The molecule has 13 heavy (non-hydrogen) atoms. The average molecular weight is 204 g/mol. The van der Waals surface area contributed by atoms with Gasteiger partial charge in [0.15, 0.2) is 0 Å². The summed E-state index contributed by atoms with van der Waals surface area (Å²) in [4.78, 5) is 13.1. The van der Waals surface area contributed by atoms with E-state index in [1.54, 1.807) is 4.90 Å². The molecule has 1 aliphatic carbocycles. The summed E-state index contributed by atoms with van der Waals surface area (Å²) in [7, 11) is 0. The first-order valence-corrected chi connectivity index (χ1v) is 5.31. The second kappa shape index (κ2) is 3.46. The summed E-state index contributed by atoms with van der Waals surface area (Å²) in [5, 5.41) is 9.68. The van der Waals surface area contributed by atoms with Crippen LogP contribution in [-0.4, -0.2) is 40.5 Å². The van der Waals surface area contributed by atoms with E-state index in [1.807, 2.05) is 0 Å². The number of aliphatic hydroxyl groups is 1. The highest BCUT2D eigenvalue weighted by Crippen LogP contribution is 2.37. The Morgan fingerprint density at radius 3 is 2.92 bits per heavy atom. The van der Waals surface area contributed by atoms with Gasteiger partial charge in [-0.05, 0) is 25.2 Å². The number of alkyl halides is 1. The van der Waals surface area contributed by atoms with Gasteiger partial charge in [-0.25, -0.2) is 0 Å². The molecule has 74 valence electrons. The maximum Gasteiger partial charge on any atom is 0.237 e. The molecule has 1 amide bonds. The summed E-state index contributed by atoms with van der Waals surface area (Å²) >= 11 is 5.50. The molecule has 1 saturated carbocycles. The topological polar surface area (TPSA) is 40.5 Å². The molecule has 1 N–H and O–H groups in total. The Balaban J connectivity index is 2.10. The van der Waals surface area contributed by atoms with Gasteiger partial charge >= 0.3 is 0 Å². The van der Waals surface area contributed by atoms with E-state index in [2.05, 4.69) is 0 Å². The number of nitrogens with zero attached hydrogens (tertiary/aromatic N) is 1. The molecular weight excluding hydrogens is 190 g/mol. The largest absolute Gasteiger partial charge is 0.391 e. The van der Waals surface area contributed by atoms with E-state index < -0.39 is 0 Å². The predicted molar refractivity (Wildman–Crippen MR) is 49.6 cm³/mol. The van der Waals surface area contributed by atoms with Crippen molar-refractivity contribution < 1.29 is 9.90 Å². The smallest absolute Gasteiger partial charge is 0.237 e. The molecule has 1 saturated heterocycles. The lowest BCUT2D eigenvalue weighted by Crippen LogP contribution is -2.42. The molecule has 0 unspecified atom stereocenters. The van der Waals surface area contributed by atoms with Gasteiger partial charge in [0.2, 0.25) is 5.91 Å². The van der Waals surface area contributed by atoms with E-state index >= 15 is 0 Å². The van der Waals surface area contributed by atoms with E-state index in [4.69, 9.17) is 11.6 Å². The molecule has 0 spiro atoms. The standard InChI is InChI=1S/C9H14ClNO2/c10-5-8(13)11-4-3-6-1-2-7(12)9(6)11/h6-7,9,12H,1-5H2/t6-,7-,9+/m1/s1. The van der Waals surface area contributed by atoms with Gasteiger partial charge in [-0.1, -0.05) is 0 Å². The minimum absolute atomic E-state index is 0.0323. The van der Waals surface area contributed by atoms with Gasteiger partial charge in [-0.2, -0.15) is 0 Å². The van der Waals surface area contributed by atoms with Crippen LogP contribution in [0.25, 0.3) is 0 Å². The highest BCUT2D eigenvalue weighted by molar-refractivity contribution is 6.27. The zero-order valence-corrected chi connectivity index (χ0v) is 8.20. The second-order valence-corrected chi connectivity index (χ2v) is 4.17. The number of carbonyl (C=O) groups excluding carboxylic acids is 1. The van der Waals surface area contributed by atoms with Crippen LogP contribution >= 0.6 is 11.6 Å². The lowest BCUT2D eigenvalue weighted by atomic mass is 10.0. The number of amides is 1. The molecule has 3 atom stereocenters. The van der Waals surface area contributed by atoms with Gasteiger partial charge < -0.3 is 10.0 Å². The van der Waals surface area contributed by atoms with Crippen molar-refractivity contribution in [3.63, 3.8) is 0 Å². The third kappa shape index (κ3) is 1.44. The van der Waals surface area contributed by atoms with Gasteiger partial charge in [-0.3, -0.25) is 4.79 Å². The van der Waals surface area contributed by atoms with Crippen LogP contribution in [0.4, 0.5) is 0 Å². The van der Waals surface area contributed by atoms with E-state index in [1.165, 1.54) is 0 Å². The molecule has 2 fully saturated rings. The van der Waals surface area contributed by atoms with Crippen molar-refractivity contribution in [1.82, 2.24) is 4.90 Å². The summed E-state index contributed by atoms with van der Waals surface area (Å²) in [5.41, 5.74) is 0. The summed E-state index contributed by atoms with van der Waals surface area (Å²) in [6, 6.07) is 0.0613. The second-order valence-electron chi connectivity index (χ2n) is 3.90. The third-order valence-corrected chi connectivity index (χ3v) is 3.47. The lowest BCUT2D eigenvalue weighted by molar-refractivity contribution is -0.131. The molecule has 3 nitrogen and oxygen atoms in total. The number of halogens is 1. The molecule has 2 rings (SSSR count). The van der Waals surface area contributed by atoms with Crippen molar-refractivity contribution in [3.8, 4) is 0 Å². The maximum absolute atomic E-state index is 11.4. The normalized spacial score (nSPS) is 38.0. The zero-order chi connectivity index (χ0) is 9.42. The van der Waals surface area contributed by atoms with Gasteiger partial charge in [0, 0.05) is 6.54 Å². The Kier molecular flexibility index (Phi) is 2.47.